The Balaban J connectivity index is 1.57. The zero-order chi connectivity index (χ0) is 15.6. The number of nitrogens with one attached hydrogen (secondary N) is 1. The highest BCUT2D eigenvalue weighted by Gasteiger charge is 2.26. The first-order chi connectivity index (χ1) is 11.3. The second kappa shape index (κ2) is 5.83. The molecule has 4 rings (SSSR count). The molecule has 23 heavy (non-hydrogen) atoms. The molecular formula is C18H18N4O. The third kappa shape index (κ3) is 2.70. The number of aromatic nitrogens is 3. The number of amides is 1. The van der Waals surface area contributed by atoms with Crippen LogP contribution in [0.25, 0.3) is 10.9 Å². The van der Waals surface area contributed by atoms with E-state index in [1.165, 1.54) is 0 Å². The number of para-hydroxylation sites is 1. The van der Waals surface area contributed by atoms with Crippen molar-refractivity contribution in [3.63, 3.8) is 0 Å². The summed E-state index contributed by atoms with van der Waals surface area (Å²) in [6.07, 6.45) is 3.85. The van der Waals surface area contributed by atoms with Crippen molar-refractivity contribution in [3.05, 3.63) is 60.0 Å². The van der Waals surface area contributed by atoms with Gasteiger partial charge >= 0.3 is 0 Å². The van der Waals surface area contributed by atoms with Gasteiger partial charge in [0.05, 0.1) is 5.52 Å². The van der Waals surface area contributed by atoms with Crippen LogP contribution < -0.4 is 0 Å². The maximum atomic E-state index is 12.8. The highest BCUT2D eigenvalue weighted by Crippen LogP contribution is 2.26. The van der Waals surface area contributed by atoms with Crippen LogP contribution >= 0.6 is 0 Å². The molecule has 0 radical (unpaired) electrons. The van der Waals surface area contributed by atoms with Crippen LogP contribution in [0.3, 0.4) is 0 Å². The minimum absolute atomic E-state index is 0.0139. The Morgan fingerprint density at radius 2 is 2.09 bits per heavy atom. The van der Waals surface area contributed by atoms with Crippen LogP contribution in [0, 0.1) is 0 Å². The number of nitrogens with zero attached hydrogens (tertiary/aromatic N) is 3. The average molecular weight is 306 g/mol. The summed E-state index contributed by atoms with van der Waals surface area (Å²) < 4.78 is 0. The summed E-state index contributed by atoms with van der Waals surface area (Å²) in [5.74, 6) is 0.343. The fourth-order valence-electron chi connectivity index (χ4n) is 3.26. The largest absolute Gasteiger partial charge is 0.337 e. The molecule has 1 saturated heterocycles. The smallest absolute Gasteiger partial charge is 0.272 e. The molecule has 116 valence electrons. The molecule has 1 aromatic carbocycles. The van der Waals surface area contributed by atoms with E-state index in [0.29, 0.717) is 11.6 Å². The summed E-state index contributed by atoms with van der Waals surface area (Å²) in [4.78, 5) is 19.2. The average Bonchev–Trinajstić information content (AvgIpc) is 3.15. The Kier molecular flexibility index (Phi) is 3.54. The Labute approximate surface area is 134 Å². The molecule has 1 amide bonds. The number of rotatable bonds is 2. The first-order valence-corrected chi connectivity index (χ1v) is 7.95. The molecule has 5 nitrogen and oxygen atoms in total. The SMILES string of the molecule is O=C(c1ccc2ccccc2n1)N1CCC[C@H](c2ccn[nH]2)C1. The van der Waals surface area contributed by atoms with E-state index >= 15 is 0 Å². The van der Waals surface area contributed by atoms with Crippen molar-refractivity contribution in [1.29, 1.82) is 0 Å². The van der Waals surface area contributed by atoms with Gasteiger partial charge in [-0.05, 0) is 31.0 Å². The number of carbonyl (C=O) groups is 1. The number of likely N-dealkylation sites (tertiary alicyclic amines) is 1. The minimum atomic E-state index is 0.0139. The lowest BCUT2D eigenvalue weighted by Gasteiger charge is -2.32. The Morgan fingerprint density at radius 1 is 1.17 bits per heavy atom. The van der Waals surface area contributed by atoms with Gasteiger partial charge in [0.25, 0.3) is 5.91 Å². The quantitative estimate of drug-likeness (QED) is 0.791. The van der Waals surface area contributed by atoms with Gasteiger partial charge in [0.2, 0.25) is 0 Å². The number of hydrogen-bond donors (Lipinski definition) is 1. The lowest BCUT2D eigenvalue weighted by Crippen LogP contribution is -2.39. The number of H-pyrrole nitrogens is 1. The van der Waals surface area contributed by atoms with Crippen molar-refractivity contribution in [2.75, 3.05) is 13.1 Å². The summed E-state index contributed by atoms with van der Waals surface area (Å²) in [6.45, 7) is 1.51. The first kappa shape index (κ1) is 13.9. The second-order valence-corrected chi connectivity index (χ2v) is 5.99. The van der Waals surface area contributed by atoms with E-state index in [-0.39, 0.29) is 5.91 Å². The molecule has 0 saturated carbocycles. The zero-order valence-electron chi connectivity index (χ0n) is 12.8. The molecule has 0 bridgehead atoms. The van der Waals surface area contributed by atoms with Crippen LogP contribution in [0.2, 0.25) is 0 Å². The molecule has 0 unspecified atom stereocenters. The summed E-state index contributed by atoms with van der Waals surface area (Å²) in [6, 6.07) is 13.6. The molecule has 3 heterocycles. The summed E-state index contributed by atoms with van der Waals surface area (Å²) in [5.41, 5.74) is 2.49. The van der Waals surface area contributed by atoms with Crippen molar-refractivity contribution in [1.82, 2.24) is 20.1 Å². The summed E-state index contributed by atoms with van der Waals surface area (Å²) in [7, 11) is 0. The number of carbonyl (C=O) groups excluding carboxylic acids is 1. The topological polar surface area (TPSA) is 61.9 Å². The molecule has 1 fully saturated rings. The third-order valence-electron chi connectivity index (χ3n) is 4.49. The van der Waals surface area contributed by atoms with Gasteiger partial charge in [0, 0.05) is 36.3 Å². The summed E-state index contributed by atoms with van der Waals surface area (Å²) in [5, 5.41) is 8.10. The van der Waals surface area contributed by atoms with Crippen LogP contribution in [-0.2, 0) is 0 Å². The normalized spacial score (nSPS) is 18.3. The molecule has 1 N–H and O–H groups in total. The predicted octanol–water partition coefficient (Wildman–Crippen LogP) is 2.98. The number of piperidine rings is 1. The van der Waals surface area contributed by atoms with Crippen LogP contribution in [0.5, 0.6) is 0 Å². The van der Waals surface area contributed by atoms with Crippen molar-refractivity contribution in [3.8, 4) is 0 Å². The van der Waals surface area contributed by atoms with Gasteiger partial charge in [-0.1, -0.05) is 24.3 Å². The van der Waals surface area contributed by atoms with Crippen molar-refractivity contribution >= 4 is 16.8 Å². The number of benzene rings is 1. The van der Waals surface area contributed by atoms with Gasteiger partial charge in [-0.15, -0.1) is 0 Å². The van der Waals surface area contributed by atoms with Gasteiger partial charge in [-0.2, -0.15) is 5.10 Å². The van der Waals surface area contributed by atoms with Gasteiger partial charge in [0.1, 0.15) is 5.69 Å². The predicted molar refractivity (Wildman–Crippen MR) is 88.2 cm³/mol. The molecule has 1 aliphatic heterocycles. The molecule has 0 spiro atoms. The van der Waals surface area contributed by atoms with Gasteiger partial charge in [0.15, 0.2) is 0 Å². The molecule has 3 aromatic rings. The molecule has 5 heteroatoms. The van der Waals surface area contributed by atoms with Crippen molar-refractivity contribution in [2.45, 2.75) is 18.8 Å². The Morgan fingerprint density at radius 3 is 2.96 bits per heavy atom. The fourth-order valence-corrected chi connectivity index (χ4v) is 3.26. The monoisotopic (exact) mass is 306 g/mol. The van der Waals surface area contributed by atoms with Gasteiger partial charge in [-0.3, -0.25) is 9.89 Å². The lowest BCUT2D eigenvalue weighted by molar-refractivity contribution is 0.0700. The number of fused-ring (bicyclic) bond motifs is 1. The first-order valence-electron chi connectivity index (χ1n) is 7.95. The highest BCUT2D eigenvalue weighted by atomic mass is 16.2. The van der Waals surface area contributed by atoms with E-state index in [0.717, 1.165) is 42.5 Å². The number of hydrogen-bond acceptors (Lipinski definition) is 3. The molecule has 2 aromatic heterocycles. The van der Waals surface area contributed by atoms with Crippen molar-refractivity contribution < 1.29 is 4.79 Å². The van der Waals surface area contributed by atoms with E-state index in [2.05, 4.69) is 15.2 Å². The molecular weight excluding hydrogens is 288 g/mol. The fraction of sp³-hybridized carbons (Fsp3) is 0.278. The van der Waals surface area contributed by atoms with Gasteiger partial charge in [-0.25, -0.2) is 4.98 Å². The number of pyridine rings is 1. The Hall–Kier alpha value is -2.69. The van der Waals surface area contributed by atoms with Crippen LogP contribution in [0.1, 0.15) is 34.9 Å². The summed E-state index contributed by atoms with van der Waals surface area (Å²) >= 11 is 0. The van der Waals surface area contributed by atoms with Crippen LogP contribution in [0.4, 0.5) is 0 Å². The van der Waals surface area contributed by atoms with E-state index in [9.17, 15) is 4.79 Å². The van der Waals surface area contributed by atoms with E-state index < -0.39 is 0 Å². The van der Waals surface area contributed by atoms with E-state index in [1.807, 2.05) is 47.4 Å². The third-order valence-corrected chi connectivity index (χ3v) is 4.49. The van der Waals surface area contributed by atoms with E-state index in [4.69, 9.17) is 0 Å². The van der Waals surface area contributed by atoms with Gasteiger partial charge < -0.3 is 4.90 Å². The van der Waals surface area contributed by atoms with Crippen LogP contribution in [-0.4, -0.2) is 39.1 Å². The number of aromatic amines is 1. The van der Waals surface area contributed by atoms with Crippen molar-refractivity contribution in [2.24, 2.45) is 0 Å². The van der Waals surface area contributed by atoms with Crippen LogP contribution in [0.15, 0.2) is 48.7 Å². The molecule has 1 atom stereocenters. The maximum Gasteiger partial charge on any atom is 0.272 e. The molecule has 1 aliphatic rings. The lowest BCUT2D eigenvalue weighted by atomic mass is 9.94. The van der Waals surface area contributed by atoms with E-state index in [1.54, 1.807) is 6.20 Å². The Bertz CT molecular complexity index is 828. The molecule has 0 aliphatic carbocycles. The maximum absolute atomic E-state index is 12.8. The minimum Gasteiger partial charge on any atom is -0.337 e. The second-order valence-electron chi connectivity index (χ2n) is 5.99. The zero-order valence-corrected chi connectivity index (χ0v) is 12.8. The standard InChI is InChI=1S/C18H18N4O/c23-18(17-8-7-13-4-1-2-6-15(13)20-17)22-11-3-5-14(12-22)16-9-10-19-21-16/h1-2,4,6-10,14H,3,5,11-12H2,(H,19,21)/t14-/m0/s1. The highest BCUT2D eigenvalue weighted by molar-refractivity contribution is 5.95.